The van der Waals surface area contributed by atoms with Gasteiger partial charge in [0.05, 0.1) is 28.8 Å². The van der Waals surface area contributed by atoms with Crippen molar-refractivity contribution < 1.29 is 13.2 Å². The van der Waals surface area contributed by atoms with Crippen molar-refractivity contribution in [2.75, 3.05) is 16.8 Å². The van der Waals surface area contributed by atoms with Crippen molar-refractivity contribution >= 4 is 32.7 Å². The molecule has 3 aromatic heterocycles. The monoisotopic (exact) mass is 442 g/mol. The first-order chi connectivity index (χ1) is 14.8. The fraction of sp³-hybridized carbons (Fsp3) is 0.524. The first-order valence-corrected chi connectivity index (χ1v) is 12.6. The van der Waals surface area contributed by atoms with Crippen LogP contribution in [0.5, 0.6) is 0 Å². The Hall–Kier alpha value is -2.75. The maximum atomic E-state index is 13.3. The highest BCUT2D eigenvalue weighted by Gasteiger charge is 2.31. The summed E-state index contributed by atoms with van der Waals surface area (Å²) in [6.45, 7) is 4.58. The van der Waals surface area contributed by atoms with Gasteiger partial charge in [0, 0.05) is 24.7 Å². The molecule has 31 heavy (non-hydrogen) atoms. The Morgan fingerprint density at radius 3 is 2.74 bits per heavy atom. The SMILES string of the molecule is Cc1cc(C(=O)Nc2cc(C)nn2C2CCS(=O)(=O)C2)c2nc3n(c2n1)CCCCC3. The lowest BCUT2D eigenvalue weighted by atomic mass is 10.2. The number of amides is 1. The van der Waals surface area contributed by atoms with Crippen molar-refractivity contribution in [2.24, 2.45) is 0 Å². The standard InChI is InChI=1S/C21H26N6O3S/c1-13-10-16(19-20(22-13)26-8-5-3-4-6-17(26)23-19)21(28)24-18-11-14(2)25-27(18)15-7-9-31(29,30)12-15/h10-11,15H,3-9,12H2,1-2H3,(H,24,28). The molecular weight excluding hydrogens is 416 g/mol. The highest BCUT2D eigenvalue weighted by Crippen LogP contribution is 2.28. The summed E-state index contributed by atoms with van der Waals surface area (Å²) in [5.41, 5.74) is 3.34. The van der Waals surface area contributed by atoms with Gasteiger partial charge in [-0.15, -0.1) is 0 Å². The van der Waals surface area contributed by atoms with E-state index in [0.29, 0.717) is 23.3 Å². The molecule has 2 aliphatic rings. The summed E-state index contributed by atoms with van der Waals surface area (Å²) in [5.74, 6) is 1.40. The number of aryl methyl sites for hydroxylation is 4. The van der Waals surface area contributed by atoms with Crippen molar-refractivity contribution in [1.29, 1.82) is 0 Å². The largest absolute Gasteiger partial charge is 0.313 e. The van der Waals surface area contributed by atoms with Gasteiger partial charge in [0.1, 0.15) is 17.2 Å². The molecule has 1 N–H and O–H groups in total. The van der Waals surface area contributed by atoms with E-state index in [-0.39, 0.29) is 23.5 Å². The average molecular weight is 443 g/mol. The molecule has 0 saturated carbocycles. The number of nitrogens with one attached hydrogen (secondary N) is 1. The fourth-order valence-electron chi connectivity index (χ4n) is 4.63. The van der Waals surface area contributed by atoms with Crippen molar-refractivity contribution in [2.45, 2.75) is 58.5 Å². The number of hydrogen-bond acceptors (Lipinski definition) is 6. The first-order valence-electron chi connectivity index (χ1n) is 10.8. The predicted molar refractivity (Wildman–Crippen MR) is 117 cm³/mol. The van der Waals surface area contributed by atoms with E-state index in [2.05, 4.69) is 20.0 Å². The van der Waals surface area contributed by atoms with E-state index in [1.54, 1.807) is 16.8 Å². The van der Waals surface area contributed by atoms with Crippen LogP contribution in [0.1, 0.15) is 59.3 Å². The number of nitrogens with zero attached hydrogens (tertiary/aromatic N) is 5. The molecule has 2 aliphatic heterocycles. The summed E-state index contributed by atoms with van der Waals surface area (Å²) >= 11 is 0. The molecule has 0 spiro atoms. The summed E-state index contributed by atoms with van der Waals surface area (Å²) in [5, 5.41) is 7.41. The third kappa shape index (κ3) is 3.73. The van der Waals surface area contributed by atoms with Gasteiger partial charge in [-0.05, 0) is 39.2 Å². The lowest BCUT2D eigenvalue weighted by molar-refractivity contribution is 0.102. The minimum atomic E-state index is -3.07. The highest BCUT2D eigenvalue weighted by atomic mass is 32.2. The summed E-state index contributed by atoms with van der Waals surface area (Å²) in [7, 11) is -3.07. The molecule has 5 rings (SSSR count). The van der Waals surface area contributed by atoms with Gasteiger partial charge < -0.3 is 9.88 Å². The minimum Gasteiger partial charge on any atom is -0.313 e. The number of fused-ring (bicyclic) bond motifs is 3. The molecule has 0 aliphatic carbocycles. The normalized spacial score (nSPS) is 20.5. The van der Waals surface area contributed by atoms with E-state index in [1.165, 1.54) is 6.42 Å². The third-order valence-electron chi connectivity index (χ3n) is 6.09. The number of hydrogen-bond donors (Lipinski definition) is 1. The number of carbonyl (C=O) groups excluding carboxylic acids is 1. The number of imidazole rings is 1. The quantitative estimate of drug-likeness (QED) is 0.667. The Morgan fingerprint density at radius 2 is 1.97 bits per heavy atom. The minimum absolute atomic E-state index is 0.0450. The predicted octanol–water partition coefficient (Wildman–Crippen LogP) is 2.58. The first kappa shape index (κ1) is 20.2. The van der Waals surface area contributed by atoms with Crippen molar-refractivity contribution in [3.05, 3.63) is 34.9 Å². The zero-order valence-corrected chi connectivity index (χ0v) is 18.6. The van der Waals surface area contributed by atoms with Crippen LogP contribution in [-0.2, 0) is 22.8 Å². The van der Waals surface area contributed by atoms with E-state index < -0.39 is 9.84 Å². The molecule has 1 fully saturated rings. The van der Waals surface area contributed by atoms with Gasteiger partial charge in [-0.2, -0.15) is 5.10 Å². The van der Waals surface area contributed by atoms with E-state index >= 15 is 0 Å². The molecule has 1 saturated heterocycles. The summed E-state index contributed by atoms with van der Waals surface area (Å²) in [4.78, 5) is 22.8. The number of carbonyl (C=O) groups is 1. The Labute approximate surface area is 180 Å². The van der Waals surface area contributed by atoms with Gasteiger partial charge in [-0.25, -0.2) is 23.1 Å². The van der Waals surface area contributed by atoms with Gasteiger partial charge >= 0.3 is 0 Å². The van der Waals surface area contributed by atoms with Gasteiger partial charge in [0.2, 0.25) is 0 Å². The molecule has 0 aromatic carbocycles. The zero-order valence-electron chi connectivity index (χ0n) is 17.8. The molecule has 1 unspecified atom stereocenters. The van der Waals surface area contributed by atoms with Gasteiger partial charge in [-0.1, -0.05) is 6.42 Å². The molecule has 164 valence electrons. The Morgan fingerprint density at radius 1 is 1.13 bits per heavy atom. The topological polar surface area (TPSA) is 112 Å². The lowest BCUT2D eigenvalue weighted by Crippen LogP contribution is -2.20. The average Bonchev–Trinajstić information content (AvgIpc) is 3.30. The molecule has 9 nitrogen and oxygen atoms in total. The summed E-state index contributed by atoms with van der Waals surface area (Å²) in [6.07, 6.45) is 4.73. The smallest absolute Gasteiger partial charge is 0.259 e. The highest BCUT2D eigenvalue weighted by molar-refractivity contribution is 7.91. The van der Waals surface area contributed by atoms with Crippen LogP contribution in [0.2, 0.25) is 0 Å². The van der Waals surface area contributed by atoms with Gasteiger partial charge in [0.25, 0.3) is 5.91 Å². The van der Waals surface area contributed by atoms with Crippen LogP contribution >= 0.6 is 0 Å². The number of aromatic nitrogens is 5. The zero-order chi connectivity index (χ0) is 21.8. The molecule has 5 heterocycles. The number of sulfone groups is 1. The second-order valence-corrected chi connectivity index (χ2v) is 10.8. The van der Waals surface area contributed by atoms with Crippen LogP contribution in [0.15, 0.2) is 12.1 Å². The maximum absolute atomic E-state index is 13.3. The number of rotatable bonds is 3. The van der Waals surface area contributed by atoms with E-state index in [1.807, 2.05) is 13.8 Å². The van der Waals surface area contributed by atoms with Crippen LogP contribution in [0.25, 0.3) is 11.2 Å². The van der Waals surface area contributed by atoms with E-state index in [4.69, 9.17) is 4.98 Å². The Balaban J connectivity index is 1.51. The van der Waals surface area contributed by atoms with Crippen LogP contribution in [0, 0.1) is 13.8 Å². The molecule has 0 radical (unpaired) electrons. The van der Waals surface area contributed by atoms with Crippen LogP contribution in [0.3, 0.4) is 0 Å². The van der Waals surface area contributed by atoms with Crippen molar-refractivity contribution in [3.63, 3.8) is 0 Å². The Kier molecular flexibility index (Phi) is 4.84. The van der Waals surface area contributed by atoms with Gasteiger partial charge in [-0.3, -0.25) is 4.79 Å². The lowest BCUT2D eigenvalue weighted by Gasteiger charge is -2.14. The second-order valence-electron chi connectivity index (χ2n) is 8.60. The third-order valence-corrected chi connectivity index (χ3v) is 7.84. The summed E-state index contributed by atoms with van der Waals surface area (Å²) in [6, 6.07) is 3.27. The molecular formula is C21H26N6O3S. The molecule has 1 amide bonds. The van der Waals surface area contributed by atoms with Crippen molar-refractivity contribution in [1.82, 2.24) is 24.3 Å². The molecule has 3 aromatic rings. The van der Waals surface area contributed by atoms with Crippen molar-refractivity contribution in [3.8, 4) is 0 Å². The molecule has 10 heteroatoms. The van der Waals surface area contributed by atoms with Gasteiger partial charge in [0.15, 0.2) is 15.5 Å². The van der Waals surface area contributed by atoms with E-state index in [9.17, 15) is 13.2 Å². The fourth-order valence-corrected chi connectivity index (χ4v) is 6.32. The number of anilines is 1. The maximum Gasteiger partial charge on any atom is 0.259 e. The molecule has 1 atom stereocenters. The van der Waals surface area contributed by atoms with Crippen LogP contribution in [-0.4, -0.2) is 50.1 Å². The Bertz CT molecular complexity index is 1290. The molecule has 0 bridgehead atoms. The van der Waals surface area contributed by atoms with Crippen LogP contribution < -0.4 is 5.32 Å². The van der Waals surface area contributed by atoms with E-state index in [0.717, 1.165) is 48.7 Å². The second kappa shape index (κ2) is 7.44. The summed E-state index contributed by atoms with van der Waals surface area (Å²) < 4.78 is 27.7. The van der Waals surface area contributed by atoms with Crippen LogP contribution in [0.4, 0.5) is 5.82 Å². The number of pyridine rings is 1.